The summed E-state index contributed by atoms with van der Waals surface area (Å²) in [5.74, 6) is -0.671. The van der Waals surface area contributed by atoms with Crippen LogP contribution in [-0.4, -0.2) is 18.2 Å². The maximum atomic E-state index is 10.9. The summed E-state index contributed by atoms with van der Waals surface area (Å²) in [6.45, 7) is 0. The van der Waals surface area contributed by atoms with Crippen molar-refractivity contribution in [2.75, 3.05) is 7.11 Å². The van der Waals surface area contributed by atoms with E-state index >= 15 is 0 Å². The summed E-state index contributed by atoms with van der Waals surface area (Å²) < 4.78 is 4.43. The fourth-order valence-corrected chi connectivity index (χ4v) is 0.999. The van der Waals surface area contributed by atoms with E-state index in [9.17, 15) is 9.90 Å². The molecule has 0 amide bonds. The van der Waals surface area contributed by atoms with Gasteiger partial charge in [0.1, 0.15) is 11.3 Å². The molecule has 0 bridgehead atoms. The Morgan fingerprint density at radius 2 is 2.25 bits per heavy atom. The van der Waals surface area contributed by atoms with Crippen LogP contribution in [0.2, 0.25) is 0 Å². The van der Waals surface area contributed by atoms with Gasteiger partial charge in [-0.2, -0.15) is 0 Å². The van der Waals surface area contributed by atoms with Crippen molar-refractivity contribution in [1.29, 1.82) is 0 Å². The summed E-state index contributed by atoms with van der Waals surface area (Å²) >= 11 is 3.99. The van der Waals surface area contributed by atoms with Crippen LogP contribution in [0.5, 0.6) is 5.75 Å². The molecule has 1 aromatic carbocycles. The first-order chi connectivity index (χ1) is 5.65. The van der Waals surface area contributed by atoms with E-state index in [4.69, 9.17) is 0 Å². The van der Waals surface area contributed by atoms with E-state index < -0.39 is 5.97 Å². The van der Waals surface area contributed by atoms with Gasteiger partial charge in [0, 0.05) is 4.90 Å². The van der Waals surface area contributed by atoms with Crippen LogP contribution in [-0.2, 0) is 4.74 Å². The van der Waals surface area contributed by atoms with Crippen molar-refractivity contribution in [2.45, 2.75) is 4.90 Å². The van der Waals surface area contributed by atoms with E-state index in [0.717, 1.165) is 0 Å². The molecule has 1 N–H and O–H groups in total. The van der Waals surface area contributed by atoms with E-state index in [1.54, 1.807) is 6.07 Å². The molecule has 0 spiro atoms. The van der Waals surface area contributed by atoms with Crippen LogP contribution >= 0.6 is 12.6 Å². The summed E-state index contributed by atoms with van der Waals surface area (Å²) in [6, 6.07) is 4.45. The van der Waals surface area contributed by atoms with Gasteiger partial charge in [-0.05, 0) is 18.2 Å². The van der Waals surface area contributed by atoms with E-state index in [1.165, 1.54) is 19.2 Å². The topological polar surface area (TPSA) is 46.5 Å². The molecule has 0 aromatic heterocycles. The SMILES string of the molecule is COC(=O)c1ccc(S)cc1O. The molecule has 0 heterocycles. The van der Waals surface area contributed by atoms with E-state index in [0.29, 0.717) is 4.90 Å². The Kier molecular flexibility index (Phi) is 2.60. The van der Waals surface area contributed by atoms with Crippen LogP contribution in [0.25, 0.3) is 0 Å². The van der Waals surface area contributed by atoms with Gasteiger partial charge >= 0.3 is 5.97 Å². The Hall–Kier alpha value is -1.16. The minimum absolute atomic E-state index is 0.116. The molecule has 0 aliphatic rings. The third kappa shape index (κ3) is 1.71. The van der Waals surface area contributed by atoms with Crippen LogP contribution in [0.15, 0.2) is 23.1 Å². The highest BCUT2D eigenvalue weighted by Gasteiger charge is 2.10. The minimum atomic E-state index is -0.555. The Labute approximate surface area is 75.4 Å². The standard InChI is InChI=1S/C8H8O3S/c1-11-8(10)6-3-2-5(12)4-7(6)9/h2-4,9,12H,1H3. The smallest absolute Gasteiger partial charge is 0.341 e. The van der Waals surface area contributed by atoms with E-state index in [2.05, 4.69) is 17.4 Å². The Morgan fingerprint density at radius 3 is 2.75 bits per heavy atom. The molecule has 0 unspecified atom stereocenters. The lowest BCUT2D eigenvalue weighted by atomic mass is 10.2. The number of phenolic OH excluding ortho intramolecular Hbond substituents is 1. The number of methoxy groups -OCH3 is 1. The van der Waals surface area contributed by atoms with Crippen LogP contribution in [0, 0.1) is 0 Å². The second-order valence-electron chi connectivity index (χ2n) is 2.19. The maximum Gasteiger partial charge on any atom is 0.341 e. The lowest BCUT2D eigenvalue weighted by Gasteiger charge is -2.01. The van der Waals surface area contributed by atoms with Gasteiger partial charge in [-0.25, -0.2) is 4.79 Å². The number of aromatic hydroxyl groups is 1. The monoisotopic (exact) mass is 184 g/mol. The van der Waals surface area contributed by atoms with Gasteiger partial charge in [0.15, 0.2) is 0 Å². The van der Waals surface area contributed by atoms with Gasteiger partial charge in [-0.1, -0.05) is 0 Å². The molecule has 0 atom stereocenters. The molecule has 12 heavy (non-hydrogen) atoms. The highest BCUT2D eigenvalue weighted by molar-refractivity contribution is 7.80. The number of benzene rings is 1. The number of hydrogen-bond acceptors (Lipinski definition) is 4. The van der Waals surface area contributed by atoms with E-state index in [1.807, 2.05) is 0 Å². The number of rotatable bonds is 1. The number of carbonyl (C=O) groups is 1. The molecule has 4 heteroatoms. The van der Waals surface area contributed by atoms with Gasteiger partial charge in [0.25, 0.3) is 0 Å². The Morgan fingerprint density at radius 1 is 1.58 bits per heavy atom. The number of esters is 1. The first kappa shape index (κ1) is 8.93. The fraction of sp³-hybridized carbons (Fsp3) is 0.125. The number of phenols is 1. The molecule has 0 fully saturated rings. The first-order valence-electron chi connectivity index (χ1n) is 3.25. The molecule has 3 nitrogen and oxygen atoms in total. The van der Waals surface area contributed by atoms with Gasteiger partial charge in [-0.15, -0.1) is 12.6 Å². The summed E-state index contributed by atoms with van der Waals surface area (Å²) in [4.78, 5) is 11.5. The average molecular weight is 184 g/mol. The molecule has 1 aromatic rings. The summed E-state index contributed by atoms with van der Waals surface area (Å²) in [6.07, 6.45) is 0. The molecule has 0 aliphatic heterocycles. The van der Waals surface area contributed by atoms with Crippen LogP contribution in [0.3, 0.4) is 0 Å². The van der Waals surface area contributed by atoms with Crippen molar-refractivity contribution < 1.29 is 14.6 Å². The third-order valence-electron chi connectivity index (χ3n) is 1.39. The third-order valence-corrected chi connectivity index (χ3v) is 1.66. The number of ether oxygens (including phenoxy) is 1. The number of thiol groups is 1. The molecule has 0 radical (unpaired) electrons. The number of carbonyl (C=O) groups excluding carboxylic acids is 1. The van der Waals surface area contributed by atoms with E-state index in [-0.39, 0.29) is 11.3 Å². The normalized spacial score (nSPS) is 9.50. The Balaban J connectivity index is 3.09. The quantitative estimate of drug-likeness (QED) is 0.513. The lowest BCUT2D eigenvalue weighted by molar-refractivity contribution is 0.0597. The zero-order chi connectivity index (χ0) is 9.14. The predicted molar refractivity (Wildman–Crippen MR) is 46.7 cm³/mol. The second kappa shape index (κ2) is 3.49. The van der Waals surface area contributed by atoms with Crippen LogP contribution in [0.1, 0.15) is 10.4 Å². The van der Waals surface area contributed by atoms with Crippen LogP contribution in [0.4, 0.5) is 0 Å². The average Bonchev–Trinajstić information content (AvgIpc) is 2.03. The summed E-state index contributed by atoms with van der Waals surface area (Å²) in [5.41, 5.74) is 0.148. The summed E-state index contributed by atoms with van der Waals surface area (Å²) in [5, 5.41) is 9.24. The molecule has 64 valence electrons. The van der Waals surface area contributed by atoms with Gasteiger partial charge < -0.3 is 9.84 Å². The lowest BCUT2D eigenvalue weighted by Crippen LogP contribution is -2.00. The van der Waals surface area contributed by atoms with Crippen molar-refractivity contribution in [1.82, 2.24) is 0 Å². The van der Waals surface area contributed by atoms with Crippen LogP contribution < -0.4 is 0 Å². The van der Waals surface area contributed by atoms with Crippen molar-refractivity contribution in [3.63, 3.8) is 0 Å². The summed E-state index contributed by atoms with van der Waals surface area (Å²) in [7, 11) is 1.26. The Bertz CT molecular complexity index is 309. The first-order valence-corrected chi connectivity index (χ1v) is 3.70. The fourth-order valence-electron chi connectivity index (χ4n) is 0.803. The van der Waals surface area contributed by atoms with Gasteiger partial charge in [-0.3, -0.25) is 0 Å². The molecule has 0 saturated carbocycles. The molecule has 1 rings (SSSR count). The van der Waals surface area contributed by atoms with Crippen molar-refractivity contribution in [3.8, 4) is 5.75 Å². The highest BCUT2D eigenvalue weighted by Crippen LogP contribution is 2.21. The second-order valence-corrected chi connectivity index (χ2v) is 2.71. The zero-order valence-electron chi connectivity index (χ0n) is 6.44. The highest BCUT2D eigenvalue weighted by atomic mass is 32.1. The van der Waals surface area contributed by atoms with Gasteiger partial charge in [0.2, 0.25) is 0 Å². The zero-order valence-corrected chi connectivity index (χ0v) is 7.34. The molecular formula is C8H8O3S. The van der Waals surface area contributed by atoms with Crippen molar-refractivity contribution >= 4 is 18.6 Å². The molecular weight excluding hydrogens is 176 g/mol. The predicted octanol–water partition coefficient (Wildman–Crippen LogP) is 1.47. The minimum Gasteiger partial charge on any atom is -0.507 e. The molecule has 0 saturated heterocycles. The van der Waals surface area contributed by atoms with Crippen molar-refractivity contribution in [3.05, 3.63) is 23.8 Å². The maximum absolute atomic E-state index is 10.9. The molecule has 0 aliphatic carbocycles. The van der Waals surface area contributed by atoms with Gasteiger partial charge in [0.05, 0.1) is 7.11 Å². The van der Waals surface area contributed by atoms with Crippen molar-refractivity contribution in [2.24, 2.45) is 0 Å². The number of hydrogen-bond donors (Lipinski definition) is 2. The largest absolute Gasteiger partial charge is 0.507 e.